The lowest BCUT2D eigenvalue weighted by Crippen LogP contribution is -2.52. The number of hydrogen-bond acceptors (Lipinski definition) is 5. The number of hydrogen-bond donors (Lipinski definition) is 2. The van der Waals surface area contributed by atoms with Crippen LogP contribution in [-0.2, 0) is 11.2 Å². The number of piperidine rings is 1. The van der Waals surface area contributed by atoms with Gasteiger partial charge in [0.2, 0.25) is 5.91 Å². The maximum atomic E-state index is 12.8. The van der Waals surface area contributed by atoms with E-state index in [1.54, 1.807) is 19.2 Å². The minimum absolute atomic E-state index is 0.0616. The number of nitrogens with one attached hydrogen (secondary N) is 2. The molecule has 7 heteroatoms. The Morgan fingerprint density at radius 3 is 2.75 bits per heavy atom. The molecule has 4 rings (SSSR count). The standard InChI is InChI=1S/C21H25N5O2/c1-15-22-11-7-18(24-15)20(28)26-12-8-21(9-13-26)14-19(27)23-10-6-16-4-2-3-5-17(16)25-21/h2-5,7,11,25H,6,8-10,12-14H2,1H3,(H,23,27). The van der Waals surface area contributed by atoms with Crippen molar-refractivity contribution in [2.75, 3.05) is 25.0 Å². The van der Waals surface area contributed by atoms with E-state index in [0.717, 1.165) is 12.1 Å². The molecule has 1 saturated heterocycles. The van der Waals surface area contributed by atoms with E-state index in [2.05, 4.69) is 32.7 Å². The van der Waals surface area contributed by atoms with Crippen LogP contribution in [0.15, 0.2) is 36.5 Å². The summed E-state index contributed by atoms with van der Waals surface area (Å²) in [5.74, 6) is 0.574. The summed E-state index contributed by atoms with van der Waals surface area (Å²) in [4.78, 5) is 35.4. The number of carbonyl (C=O) groups is 2. The third-order valence-corrected chi connectivity index (χ3v) is 5.64. The Balaban J connectivity index is 1.52. The number of anilines is 1. The zero-order valence-electron chi connectivity index (χ0n) is 16.1. The molecular weight excluding hydrogens is 354 g/mol. The van der Waals surface area contributed by atoms with Gasteiger partial charge in [0.05, 0.1) is 0 Å². The van der Waals surface area contributed by atoms with Crippen LogP contribution in [0.4, 0.5) is 5.69 Å². The lowest BCUT2D eigenvalue weighted by Gasteiger charge is -2.42. The summed E-state index contributed by atoms with van der Waals surface area (Å²) in [6.45, 7) is 3.60. The molecule has 1 aromatic carbocycles. The number of fused-ring (bicyclic) bond motifs is 1. The van der Waals surface area contributed by atoms with Gasteiger partial charge in [-0.3, -0.25) is 9.59 Å². The highest BCUT2D eigenvalue weighted by molar-refractivity contribution is 5.92. The highest BCUT2D eigenvalue weighted by atomic mass is 16.2. The Hall–Kier alpha value is -2.96. The molecule has 2 aliphatic rings. The lowest BCUT2D eigenvalue weighted by atomic mass is 9.83. The molecule has 0 radical (unpaired) electrons. The summed E-state index contributed by atoms with van der Waals surface area (Å²) in [7, 11) is 0. The average molecular weight is 379 g/mol. The molecule has 2 aromatic rings. The van der Waals surface area contributed by atoms with Crippen molar-refractivity contribution in [3.05, 3.63) is 53.6 Å². The van der Waals surface area contributed by atoms with Crippen LogP contribution in [0, 0.1) is 6.92 Å². The molecule has 0 saturated carbocycles. The molecular formula is C21H25N5O2. The molecule has 0 atom stereocenters. The number of rotatable bonds is 1. The zero-order chi connectivity index (χ0) is 19.6. The number of aromatic nitrogens is 2. The maximum Gasteiger partial charge on any atom is 0.272 e. The van der Waals surface area contributed by atoms with Gasteiger partial charge >= 0.3 is 0 Å². The SMILES string of the molecule is Cc1nccc(C(=O)N2CCC3(CC2)CC(=O)NCCc2ccccc2N3)n1. The minimum Gasteiger partial charge on any atom is -0.379 e. The highest BCUT2D eigenvalue weighted by Gasteiger charge is 2.39. The number of amides is 2. The summed E-state index contributed by atoms with van der Waals surface area (Å²) in [5, 5.41) is 6.70. The van der Waals surface area contributed by atoms with Gasteiger partial charge in [-0.2, -0.15) is 0 Å². The normalized spacial score (nSPS) is 18.9. The molecule has 146 valence electrons. The van der Waals surface area contributed by atoms with Crippen molar-refractivity contribution in [1.29, 1.82) is 0 Å². The number of aryl methyl sites for hydroxylation is 1. The van der Waals surface area contributed by atoms with Crippen molar-refractivity contribution in [3.8, 4) is 0 Å². The topological polar surface area (TPSA) is 87.2 Å². The third kappa shape index (κ3) is 3.83. The van der Waals surface area contributed by atoms with Crippen LogP contribution in [0.1, 0.15) is 41.1 Å². The fourth-order valence-electron chi connectivity index (χ4n) is 4.07. The zero-order valence-corrected chi connectivity index (χ0v) is 16.1. The summed E-state index contributed by atoms with van der Waals surface area (Å²) >= 11 is 0. The van der Waals surface area contributed by atoms with Gasteiger partial charge in [0.25, 0.3) is 5.91 Å². The second-order valence-electron chi connectivity index (χ2n) is 7.62. The summed E-state index contributed by atoms with van der Waals surface area (Å²) in [6, 6.07) is 9.87. The molecule has 0 unspecified atom stereocenters. The number of para-hydroxylation sites is 1. The van der Waals surface area contributed by atoms with E-state index in [9.17, 15) is 9.59 Å². The number of likely N-dealkylation sites (tertiary alicyclic amines) is 1. The van der Waals surface area contributed by atoms with E-state index in [1.807, 2.05) is 17.0 Å². The summed E-state index contributed by atoms with van der Waals surface area (Å²) in [6.07, 6.45) is 4.26. The van der Waals surface area contributed by atoms with Gasteiger partial charge in [0.1, 0.15) is 11.5 Å². The van der Waals surface area contributed by atoms with Crippen molar-refractivity contribution in [2.24, 2.45) is 0 Å². The second kappa shape index (κ2) is 7.58. The van der Waals surface area contributed by atoms with Crippen LogP contribution in [0.25, 0.3) is 0 Å². The van der Waals surface area contributed by atoms with Gasteiger partial charge in [-0.25, -0.2) is 9.97 Å². The van der Waals surface area contributed by atoms with Gasteiger partial charge in [-0.1, -0.05) is 18.2 Å². The Morgan fingerprint density at radius 1 is 1.18 bits per heavy atom. The van der Waals surface area contributed by atoms with Gasteiger partial charge in [0, 0.05) is 43.5 Å². The van der Waals surface area contributed by atoms with Gasteiger partial charge in [-0.15, -0.1) is 0 Å². The fourth-order valence-corrected chi connectivity index (χ4v) is 4.07. The molecule has 3 heterocycles. The number of nitrogens with zero attached hydrogens (tertiary/aromatic N) is 3. The van der Waals surface area contributed by atoms with Crippen LogP contribution in [0.3, 0.4) is 0 Å². The third-order valence-electron chi connectivity index (χ3n) is 5.64. The molecule has 1 fully saturated rings. The van der Waals surface area contributed by atoms with Crippen LogP contribution >= 0.6 is 0 Å². The van der Waals surface area contributed by atoms with E-state index in [0.29, 0.717) is 50.4 Å². The Kier molecular flexibility index (Phi) is 4.98. The molecule has 2 amide bonds. The van der Waals surface area contributed by atoms with E-state index in [-0.39, 0.29) is 17.4 Å². The van der Waals surface area contributed by atoms with Crippen LogP contribution in [0.2, 0.25) is 0 Å². The monoisotopic (exact) mass is 379 g/mol. The predicted molar refractivity (Wildman–Crippen MR) is 106 cm³/mol. The average Bonchev–Trinajstić information content (AvgIpc) is 2.75. The quantitative estimate of drug-likeness (QED) is 0.791. The first-order valence-corrected chi connectivity index (χ1v) is 9.76. The fraction of sp³-hybridized carbons (Fsp3) is 0.429. The van der Waals surface area contributed by atoms with Gasteiger partial charge in [-0.05, 0) is 43.9 Å². The molecule has 28 heavy (non-hydrogen) atoms. The van der Waals surface area contributed by atoms with Crippen LogP contribution in [-0.4, -0.2) is 51.9 Å². The first kappa shape index (κ1) is 18.4. The number of benzene rings is 1. The molecule has 7 nitrogen and oxygen atoms in total. The van der Waals surface area contributed by atoms with Crippen molar-refractivity contribution in [2.45, 2.75) is 38.1 Å². The Labute approximate surface area is 164 Å². The first-order chi connectivity index (χ1) is 13.5. The summed E-state index contributed by atoms with van der Waals surface area (Å²) in [5.41, 5.74) is 2.38. The molecule has 1 spiro atoms. The molecule has 1 aromatic heterocycles. The van der Waals surface area contributed by atoms with E-state index in [1.165, 1.54) is 5.56 Å². The van der Waals surface area contributed by atoms with Crippen LogP contribution in [0.5, 0.6) is 0 Å². The Morgan fingerprint density at radius 2 is 1.96 bits per heavy atom. The maximum absolute atomic E-state index is 12.8. The van der Waals surface area contributed by atoms with Gasteiger partial charge in [0.15, 0.2) is 0 Å². The number of carbonyl (C=O) groups excluding carboxylic acids is 2. The highest BCUT2D eigenvalue weighted by Crippen LogP contribution is 2.33. The lowest BCUT2D eigenvalue weighted by molar-refractivity contribution is -0.122. The van der Waals surface area contributed by atoms with Gasteiger partial charge < -0.3 is 15.5 Å². The summed E-state index contributed by atoms with van der Waals surface area (Å²) < 4.78 is 0. The van der Waals surface area contributed by atoms with E-state index >= 15 is 0 Å². The van der Waals surface area contributed by atoms with E-state index in [4.69, 9.17) is 0 Å². The van der Waals surface area contributed by atoms with Crippen molar-refractivity contribution < 1.29 is 9.59 Å². The molecule has 0 aliphatic carbocycles. The van der Waals surface area contributed by atoms with Crippen molar-refractivity contribution in [3.63, 3.8) is 0 Å². The largest absolute Gasteiger partial charge is 0.379 e. The Bertz CT molecular complexity index is 890. The second-order valence-corrected chi connectivity index (χ2v) is 7.62. The minimum atomic E-state index is -0.344. The first-order valence-electron chi connectivity index (χ1n) is 9.76. The van der Waals surface area contributed by atoms with Crippen molar-refractivity contribution in [1.82, 2.24) is 20.2 Å². The van der Waals surface area contributed by atoms with E-state index < -0.39 is 0 Å². The molecule has 2 N–H and O–H groups in total. The molecule has 0 bridgehead atoms. The smallest absolute Gasteiger partial charge is 0.272 e. The van der Waals surface area contributed by atoms with Crippen LogP contribution < -0.4 is 10.6 Å². The molecule has 2 aliphatic heterocycles. The predicted octanol–water partition coefficient (Wildman–Crippen LogP) is 1.93. The van der Waals surface area contributed by atoms with Crippen molar-refractivity contribution >= 4 is 17.5 Å².